The molecule has 21 heavy (non-hydrogen) atoms. The zero-order valence-electron chi connectivity index (χ0n) is 12.1. The van der Waals surface area contributed by atoms with Gasteiger partial charge in [0, 0.05) is 0 Å². The number of urea groups is 1. The van der Waals surface area contributed by atoms with Crippen molar-refractivity contribution >= 4 is 18.2 Å². The fourth-order valence-electron chi connectivity index (χ4n) is 1.92. The van der Waals surface area contributed by atoms with Gasteiger partial charge >= 0.3 is 6.03 Å². The number of carbonyl (C=O) groups is 2. The number of phenolic OH excluding ortho intramolecular Hbond substituents is 1. The number of benzene rings is 1. The van der Waals surface area contributed by atoms with Gasteiger partial charge in [0.05, 0.1) is 13.3 Å². The molecule has 3 amide bonds. The van der Waals surface area contributed by atoms with Crippen LogP contribution in [0.5, 0.6) is 11.5 Å². The van der Waals surface area contributed by atoms with Gasteiger partial charge in [-0.15, -0.1) is 5.01 Å². The van der Waals surface area contributed by atoms with Crippen LogP contribution in [0.2, 0.25) is 0 Å². The van der Waals surface area contributed by atoms with Gasteiger partial charge in [-0.3, -0.25) is 4.79 Å². The van der Waals surface area contributed by atoms with Gasteiger partial charge in [-0.05, 0) is 37.1 Å². The lowest BCUT2D eigenvalue weighted by molar-refractivity contribution is -0.130. The highest BCUT2D eigenvalue weighted by Gasteiger charge is 2.46. The van der Waals surface area contributed by atoms with Crippen molar-refractivity contribution < 1.29 is 19.4 Å². The van der Waals surface area contributed by atoms with Crippen molar-refractivity contribution in [3.05, 3.63) is 23.8 Å². The molecule has 0 saturated carbocycles. The molecule has 1 aliphatic heterocycles. The summed E-state index contributed by atoms with van der Waals surface area (Å²) in [7, 11) is 1.45. The molecular formula is C14H17N3O4. The number of phenols is 1. The first kappa shape index (κ1) is 14.8. The molecule has 7 nitrogen and oxygen atoms in total. The summed E-state index contributed by atoms with van der Waals surface area (Å²) < 4.78 is 4.93. The highest BCUT2D eigenvalue weighted by molar-refractivity contribution is 6.07. The Morgan fingerprint density at radius 1 is 1.48 bits per heavy atom. The number of nitrogens with zero attached hydrogens (tertiary/aromatic N) is 2. The zero-order chi connectivity index (χ0) is 15.6. The number of aromatic hydroxyl groups is 1. The van der Waals surface area contributed by atoms with Crippen molar-refractivity contribution in [1.29, 1.82) is 0 Å². The fourth-order valence-corrected chi connectivity index (χ4v) is 1.92. The summed E-state index contributed by atoms with van der Waals surface area (Å²) in [6.07, 6.45) is 1.81. The summed E-state index contributed by atoms with van der Waals surface area (Å²) in [4.78, 5) is 23.9. The summed E-state index contributed by atoms with van der Waals surface area (Å²) >= 11 is 0. The van der Waals surface area contributed by atoms with Crippen LogP contribution in [0.1, 0.15) is 25.8 Å². The maximum Gasteiger partial charge on any atom is 0.346 e. The monoisotopic (exact) mass is 291 g/mol. The van der Waals surface area contributed by atoms with Crippen LogP contribution in [-0.4, -0.2) is 40.9 Å². The summed E-state index contributed by atoms with van der Waals surface area (Å²) in [5.41, 5.74) is -0.379. The minimum atomic E-state index is -0.920. The predicted octanol–water partition coefficient (Wildman–Crippen LogP) is 1.46. The van der Waals surface area contributed by atoms with Crippen molar-refractivity contribution in [1.82, 2.24) is 10.3 Å². The smallest absolute Gasteiger partial charge is 0.346 e. The quantitative estimate of drug-likeness (QED) is 0.649. The molecule has 0 aliphatic carbocycles. The van der Waals surface area contributed by atoms with E-state index in [0.29, 0.717) is 17.7 Å². The van der Waals surface area contributed by atoms with Crippen molar-refractivity contribution in [3.8, 4) is 11.5 Å². The van der Waals surface area contributed by atoms with Crippen molar-refractivity contribution in [2.75, 3.05) is 7.11 Å². The van der Waals surface area contributed by atoms with Crippen LogP contribution in [-0.2, 0) is 4.79 Å². The van der Waals surface area contributed by atoms with Crippen LogP contribution in [0.3, 0.4) is 0 Å². The van der Waals surface area contributed by atoms with E-state index >= 15 is 0 Å². The van der Waals surface area contributed by atoms with Crippen molar-refractivity contribution in [2.24, 2.45) is 5.10 Å². The van der Waals surface area contributed by atoms with Gasteiger partial charge in [0.15, 0.2) is 11.5 Å². The first-order chi connectivity index (χ1) is 9.91. The number of nitrogens with one attached hydrogen (secondary N) is 1. The van der Waals surface area contributed by atoms with Gasteiger partial charge in [-0.2, -0.15) is 5.10 Å². The Labute approximate surface area is 122 Å². The summed E-state index contributed by atoms with van der Waals surface area (Å²) in [5.74, 6) is -0.110. The normalized spacial score (nSPS) is 22.0. The average Bonchev–Trinajstić information content (AvgIpc) is 2.68. The summed E-state index contributed by atoms with van der Waals surface area (Å²) in [5, 5.41) is 16.9. The Hall–Kier alpha value is -2.57. The van der Waals surface area contributed by atoms with E-state index in [9.17, 15) is 14.7 Å². The Morgan fingerprint density at radius 3 is 2.71 bits per heavy atom. The molecule has 1 fully saturated rings. The third-order valence-corrected chi connectivity index (χ3v) is 3.47. The molecule has 0 radical (unpaired) electrons. The van der Waals surface area contributed by atoms with Gasteiger partial charge in [-0.1, -0.05) is 6.92 Å². The van der Waals surface area contributed by atoms with Crippen LogP contribution in [0.25, 0.3) is 0 Å². The molecule has 2 rings (SSSR count). The average molecular weight is 291 g/mol. The van der Waals surface area contributed by atoms with E-state index in [1.807, 2.05) is 6.92 Å². The number of amides is 3. The lowest BCUT2D eigenvalue weighted by Gasteiger charge is -2.17. The van der Waals surface area contributed by atoms with E-state index in [1.54, 1.807) is 19.1 Å². The number of ether oxygens (including phenoxy) is 1. The maximum atomic E-state index is 12.1. The molecule has 1 aromatic rings. The summed E-state index contributed by atoms with van der Waals surface area (Å²) in [6, 6.07) is 4.09. The number of hydrogen-bond donors (Lipinski definition) is 2. The molecule has 1 aromatic carbocycles. The predicted molar refractivity (Wildman–Crippen MR) is 76.3 cm³/mol. The van der Waals surface area contributed by atoms with Crippen LogP contribution in [0.15, 0.2) is 23.3 Å². The number of hydrogen-bond acceptors (Lipinski definition) is 5. The van der Waals surface area contributed by atoms with Crippen LogP contribution < -0.4 is 10.1 Å². The molecular weight excluding hydrogens is 274 g/mol. The molecule has 1 unspecified atom stereocenters. The number of carbonyl (C=O) groups excluding carboxylic acids is 2. The summed E-state index contributed by atoms with van der Waals surface area (Å²) in [6.45, 7) is 3.47. The fraction of sp³-hybridized carbons (Fsp3) is 0.357. The third kappa shape index (κ3) is 2.67. The molecule has 2 N–H and O–H groups in total. The largest absolute Gasteiger partial charge is 0.504 e. The minimum Gasteiger partial charge on any atom is -0.504 e. The SMILES string of the molecule is CCC1(C)NC(=O)N(/N=C/c2ccc(OC)c(O)c2)C1=O. The van der Waals surface area contributed by atoms with E-state index in [2.05, 4.69) is 10.4 Å². The van der Waals surface area contributed by atoms with Gasteiger partial charge in [-0.25, -0.2) is 4.79 Å². The van der Waals surface area contributed by atoms with Crippen molar-refractivity contribution in [3.63, 3.8) is 0 Å². The topological polar surface area (TPSA) is 91.2 Å². The Morgan fingerprint density at radius 2 is 2.19 bits per heavy atom. The first-order valence-corrected chi connectivity index (χ1v) is 6.49. The molecule has 1 aliphatic rings. The highest BCUT2D eigenvalue weighted by Crippen LogP contribution is 2.26. The lowest BCUT2D eigenvalue weighted by Crippen LogP contribution is -2.42. The molecule has 0 bridgehead atoms. The Bertz CT molecular complexity index is 614. The second kappa shape index (κ2) is 5.43. The van der Waals surface area contributed by atoms with Crippen LogP contribution >= 0.6 is 0 Å². The van der Waals surface area contributed by atoms with Crippen molar-refractivity contribution in [2.45, 2.75) is 25.8 Å². The number of imide groups is 1. The standard InChI is InChI=1S/C14H17N3O4/c1-4-14(2)12(19)17(13(20)16-14)15-8-9-5-6-11(21-3)10(18)7-9/h5-8,18H,4H2,1-3H3,(H,16,20)/b15-8+. The number of rotatable bonds is 4. The van der Waals surface area contributed by atoms with Crippen LogP contribution in [0.4, 0.5) is 4.79 Å². The van der Waals surface area contributed by atoms with Gasteiger partial charge in [0.1, 0.15) is 5.54 Å². The molecule has 7 heteroatoms. The van der Waals surface area contributed by atoms with E-state index in [0.717, 1.165) is 5.01 Å². The van der Waals surface area contributed by atoms with Gasteiger partial charge in [0.25, 0.3) is 5.91 Å². The molecule has 112 valence electrons. The van der Waals surface area contributed by atoms with E-state index < -0.39 is 17.5 Å². The number of hydrazone groups is 1. The molecule has 0 aromatic heterocycles. The molecule has 0 spiro atoms. The van der Waals surface area contributed by atoms with E-state index in [1.165, 1.54) is 19.4 Å². The number of methoxy groups -OCH3 is 1. The highest BCUT2D eigenvalue weighted by atomic mass is 16.5. The van der Waals surface area contributed by atoms with Gasteiger partial charge in [0.2, 0.25) is 0 Å². The van der Waals surface area contributed by atoms with E-state index in [-0.39, 0.29) is 5.75 Å². The first-order valence-electron chi connectivity index (χ1n) is 6.49. The second-order valence-corrected chi connectivity index (χ2v) is 4.91. The zero-order valence-corrected chi connectivity index (χ0v) is 12.1. The second-order valence-electron chi connectivity index (χ2n) is 4.91. The van der Waals surface area contributed by atoms with E-state index in [4.69, 9.17) is 4.74 Å². The lowest BCUT2D eigenvalue weighted by atomic mass is 10.00. The maximum absolute atomic E-state index is 12.1. The Kier molecular flexibility index (Phi) is 3.84. The molecule has 1 saturated heterocycles. The molecule has 1 heterocycles. The van der Waals surface area contributed by atoms with Gasteiger partial charge < -0.3 is 15.2 Å². The minimum absolute atomic E-state index is 0.0444. The third-order valence-electron chi connectivity index (χ3n) is 3.47. The van der Waals surface area contributed by atoms with Crippen LogP contribution in [0, 0.1) is 0 Å². The molecule has 1 atom stereocenters. The Balaban J connectivity index is 2.20.